The Morgan fingerprint density at radius 3 is 3.21 bits per heavy atom. The number of hydrogen-bond donors (Lipinski definition) is 1. The zero-order valence-corrected chi connectivity index (χ0v) is 8.66. The summed E-state index contributed by atoms with van der Waals surface area (Å²) >= 11 is 0. The number of hydrogen-bond acceptors (Lipinski definition) is 2. The normalized spacial score (nSPS) is 16.8. The second kappa shape index (κ2) is 4.42. The van der Waals surface area contributed by atoms with Crippen molar-refractivity contribution in [3.8, 4) is 0 Å². The fourth-order valence-corrected chi connectivity index (χ4v) is 1.77. The van der Waals surface area contributed by atoms with Gasteiger partial charge in [-0.1, -0.05) is 13.0 Å². The van der Waals surface area contributed by atoms with Crippen LogP contribution >= 0.6 is 0 Å². The van der Waals surface area contributed by atoms with Crippen molar-refractivity contribution in [3.63, 3.8) is 0 Å². The maximum atomic E-state index is 4.34. The topological polar surface area (TPSA) is 29.9 Å². The molecule has 0 saturated heterocycles. The lowest BCUT2D eigenvalue weighted by Gasteiger charge is -2.11. The Balaban J connectivity index is 2.11. The van der Waals surface area contributed by atoms with E-state index in [0.717, 1.165) is 32.5 Å². The van der Waals surface area contributed by atoms with Crippen LogP contribution in [-0.2, 0) is 6.54 Å². The van der Waals surface area contributed by atoms with E-state index in [2.05, 4.69) is 29.6 Å². The van der Waals surface area contributed by atoms with E-state index >= 15 is 0 Å². The minimum atomic E-state index is 0.994. The molecule has 0 unspecified atom stereocenters. The highest BCUT2D eigenvalue weighted by Crippen LogP contribution is 2.18. The molecular formula is C11H17N3. The van der Waals surface area contributed by atoms with E-state index < -0.39 is 0 Å². The largest absolute Gasteiger partial charge is 0.313 e. The number of rotatable bonds is 3. The number of nitrogens with one attached hydrogen (secondary N) is 1. The van der Waals surface area contributed by atoms with Crippen LogP contribution in [0.4, 0.5) is 0 Å². The molecule has 0 radical (unpaired) electrons. The third-order valence-electron chi connectivity index (χ3n) is 2.52. The molecule has 0 saturated carbocycles. The fraction of sp³-hybridized carbons (Fsp3) is 0.545. The van der Waals surface area contributed by atoms with E-state index in [1.807, 2.05) is 10.9 Å². The number of aromatic nitrogens is 2. The van der Waals surface area contributed by atoms with Gasteiger partial charge in [0.25, 0.3) is 0 Å². The summed E-state index contributed by atoms with van der Waals surface area (Å²) in [6.07, 6.45) is 8.66. The lowest BCUT2D eigenvalue weighted by Crippen LogP contribution is -2.19. The van der Waals surface area contributed by atoms with E-state index in [-0.39, 0.29) is 0 Å². The molecule has 1 N–H and O–H groups in total. The second-order valence-electron chi connectivity index (χ2n) is 3.68. The summed E-state index contributed by atoms with van der Waals surface area (Å²) in [7, 11) is 0. The third-order valence-corrected chi connectivity index (χ3v) is 2.52. The molecule has 0 aromatic carbocycles. The molecule has 0 amide bonds. The SMILES string of the molecule is CCCn1cc(C2=CCNCC2)cn1. The molecule has 1 aromatic rings. The van der Waals surface area contributed by atoms with Crippen molar-refractivity contribution in [3.05, 3.63) is 24.0 Å². The molecule has 0 bridgehead atoms. The Morgan fingerprint density at radius 2 is 2.50 bits per heavy atom. The first kappa shape index (κ1) is 9.46. The van der Waals surface area contributed by atoms with E-state index in [1.165, 1.54) is 11.1 Å². The lowest BCUT2D eigenvalue weighted by molar-refractivity contribution is 0.602. The Morgan fingerprint density at radius 1 is 1.57 bits per heavy atom. The summed E-state index contributed by atoms with van der Waals surface area (Å²) in [6.45, 7) is 5.27. The average molecular weight is 191 g/mol. The highest BCUT2D eigenvalue weighted by molar-refractivity contribution is 5.65. The minimum Gasteiger partial charge on any atom is -0.313 e. The first-order valence-corrected chi connectivity index (χ1v) is 5.32. The van der Waals surface area contributed by atoms with Crippen LogP contribution in [0.15, 0.2) is 18.5 Å². The molecule has 0 fully saturated rings. The molecule has 0 atom stereocenters. The van der Waals surface area contributed by atoms with Crippen LogP contribution in [0.25, 0.3) is 5.57 Å². The van der Waals surface area contributed by atoms with Gasteiger partial charge in [-0.05, 0) is 25.0 Å². The number of nitrogens with zero attached hydrogens (tertiary/aromatic N) is 2. The fourth-order valence-electron chi connectivity index (χ4n) is 1.77. The van der Waals surface area contributed by atoms with E-state index in [1.54, 1.807) is 0 Å². The van der Waals surface area contributed by atoms with E-state index in [0.29, 0.717) is 0 Å². The predicted octanol–water partition coefficient (Wildman–Crippen LogP) is 1.67. The quantitative estimate of drug-likeness (QED) is 0.787. The monoisotopic (exact) mass is 191 g/mol. The summed E-state index contributed by atoms with van der Waals surface area (Å²) in [5.74, 6) is 0. The first-order chi connectivity index (χ1) is 6.90. The number of aryl methyl sites for hydroxylation is 1. The van der Waals surface area contributed by atoms with E-state index in [4.69, 9.17) is 0 Å². The lowest BCUT2D eigenvalue weighted by atomic mass is 10.0. The van der Waals surface area contributed by atoms with E-state index in [9.17, 15) is 0 Å². The molecule has 3 heteroatoms. The molecule has 0 aliphatic carbocycles. The summed E-state index contributed by atoms with van der Waals surface area (Å²) < 4.78 is 2.03. The van der Waals surface area contributed by atoms with Crippen LogP contribution in [0.2, 0.25) is 0 Å². The van der Waals surface area contributed by atoms with Gasteiger partial charge in [0, 0.05) is 24.8 Å². The molecule has 1 aliphatic rings. The van der Waals surface area contributed by atoms with Crippen molar-refractivity contribution in [2.75, 3.05) is 13.1 Å². The van der Waals surface area contributed by atoms with Crippen molar-refractivity contribution < 1.29 is 0 Å². The van der Waals surface area contributed by atoms with Crippen LogP contribution in [-0.4, -0.2) is 22.9 Å². The van der Waals surface area contributed by atoms with Gasteiger partial charge in [-0.15, -0.1) is 0 Å². The Bertz CT molecular complexity index is 325. The van der Waals surface area contributed by atoms with Crippen molar-refractivity contribution >= 4 is 5.57 Å². The Hall–Kier alpha value is -1.09. The first-order valence-electron chi connectivity index (χ1n) is 5.32. The molecular weight excluding hydrogens is 174 g/mol. The third kappa shape index (κ3) is 2.04. The highest BCUT2D eigenvalue weighted by atomic mass is 15.3. The van der Waals surface area contributed by atoms with Crippen molar-refractivity contribution in [2.24, 2.45) is 0 Å². The molecule has 2 heterocycles. The molecule has 2 rings (SSSR count). The van der Waals surface area contributed by atoms with Crippen molar-refractivity contribution in [1.82, 2.24) is 15.1 Å². The molecule has 1 aromatic heterocycles. The van der Waals surface area contributed by atoms with Crippen LogP contribution in [0.1, 0.15) is 25.3 Å². The Kier molecular flexibility index (Phi) is 2.99. The van der Waals surface area contributed by atoms with Crippen LogP contribution < -0.4 is 5.32 Å². The minimum absolute atomic E-state index is 0.994. The molecule has 3 nitrogen and oxygen atoms in total. The van der Waals surface area contributed by atoms with Crippen molar-refractivity contribution in [1.29, 1.82) is 0 Å². The van der Waals surface area contributed by atoms with Crippen LogP contribution in [0, 0.1) is 0 Å². The Labute approximate surface area is 84.8 Å². The summed E-state index contributed by atoms with van der Waals surface area (Å²) in [5.41, 5.74) is 2.73. The predicted molar refractivity (Wildman–Crippen MR) is 58.0 cm³/mol. The molecule has 1 aliphatic heterocycles. The smallest absolute Gasteiger partial charge is 0.0564 e. The van der Waals surface area contributed by atoms with Crippen LogP contribution in [0.5, 0.6) is 0 Å². The van der Waals surface area contributed by atoms with Gasteiger partial charge in [-0.25, -0.2) is 0 Å². The van der Waals surface area contributed by atoms with Gasteiger partial charge in [-0.2, -0.15) is 5.10 Å². The molecule has 0 spiro atoms. The second-order valence-corrected chi connectivity index (χ2v) is 3.68. The maximum Gasteiger partial charge on any atom is 0.0564 e. The molecule has 14 heavy (non-hydrogen) atoms. The summed E-state index contributed by atoms with van der Waals surface area (Å²) in [4.78, 5) is 0. The van der Waals surface area contributed by atoms with Gasteiger partial charge in [0.15, 0.2) is 0 Å². The van der Waals surface area contributed by atoms with Crippen molar-refractivity contribution in [2.45, 2.75) is 26.3 Å². The van der Waals surface area contributed by atoms with Gasteiger partial charge < -0.3 is 5.32 Å². The van der Waals surface area contributed by atoms with Gasteiger partial charge >= 0.3 is 0 Å². The van der Waals surface area contributed by atoms with Gasteiger partial charge in [-0.3, -0.25) is 4.68 Å². The highest BCUT2D eigenvalue weighted by Gasteiger charge is 2.07. The zero-order valence-electron chi connectivity index (χ0n) is 8.66. The standard InChI is InChI=1S/C11H17N3/c1-2-7-14-9-11(8-13-14)10-3-5-12-6-4-10/h3,8-9,12H,2,4-7H2,1H3. The van der Waals surface area contributed by atoms with Crippen LogP contribution in [0.3, 0.4) is 0 Å². The zero-order chi connectivity index (χ0) is 9.80. The maximum absolute atomic E-state index is 4.34. The van der Waals surface area contributed by atoms with Gasteiger partial charge in [0.05, 0.1) is 6.20 Å². The summed E-state index contributed by atoms with van der Waals surface area (Å²) in [6, 6.07) is 0. The average Bonchev–Trinajstić information content (AvgIpc) is 2.68. The van der Waals surface area contributed by atoms with Gasteiger partial charge in [0.1, 0.15) is 0 Å². The molecule has 76 valence electrons. The van der Waals surface area contributed by atoms with Gasteiger partial charge in [0.2, 0.25) is 0 Å². The summed E-state index contributed by atoms with van der Waals surface area (Å²) in [5, 5.41) is 7.65.